The molecule has 44 heavy (non-hydrogen) atoms. The molecule has 1 aliphatic rings. The van der Waals surface area contributed by atoms with Gasteiger partial charge in [0.25, 0.3) is 11.8 Å². The van der Waals surface area contributed by atoms with Crippen LogP contribution in [0.4, 0.5) is 0 Å². The average molecular weight is 603 g/mol. The predicted octanol–water partition coefficient (Wildman–Crippen LogP) is 2.77. The maximum atomic E-state index is 13.5. The van der Waals surface area contributed by atoms with E-state index < -0.39 is 41.8 Å². The summed E-state index contributed by atoms with van der Waals surface area (Å²) in [5.41, 5.74) is 1.35. The zero-order chi connectivity index (χ0) is 32.0. The Morgan fingerprint density at radius 2 is 1.52 bits per heavy atom. The molecule has 3 aromatic rings. The van der Waals surface area contributed by atoms with Crippen LogP contribution in [0.15, 0.2) is 60.7 Å². The second-order valence-corrected chi connectivity index (χ2v) is 11.3. The molecule has 4 amide bonds. The number of hydrogen-bond donors (Lipinski definition) is 4. The molecule has 0 unspecified atom stereocenters. The number of carbonyl (C=O) groups is 5. The predicted molar refractivity (Wildman–Crippen MR) is 164 cm³/mol. The van der Waals surface area contributed by atoms with E-state index in [1.54, 1.807) is 30.3 Å². The third-order valence-corrected chi connectivity index (χ3v) is 7.66. The van der Waals surface area contributed by atoms with Gasteiger partial charge in [-0.25, -0.2) is 0 Å². The van der Waals surface area contributed by atoms with Gasteiger partial charge in [0.2, 0.25) is 11.8 Å². The Balaban J connectivity index is 1.47. The number of amides is 4. The first-order valence-electron chi connectivity index (χ1n) is 14.5. The standard InChI is InChI=1S/C33H38N4O7/c1-19(2)14-27(30(39)36-28(29(38)34-3)15-20-8-6-5-7-9-20)35-26(33(42)43)12-13-37-31(40)24-17-21-10-11-23(44-4)16-22(21)18-25(24)32(37)41/h5-11,16-19,26-28,35H,12-15H2,1-4H3,(H,34,38)(H,36,39)(H,42,43)/t26-,27+,28+/m1/s1. The van der Waals surface area contributed by atoms with Crippen LogP contribution >= 0.6 is 0 Å². The highest BCUT2D eigenvalue weighted by Crippen LogP contribution is 2.30. The number of methoxy groups -OCH3 is 1. The number of nitrogens with zero attached hydrogens (tertiary/aromatic N) is 1. The molecule has 11 heteroatoms. The third kappa shape index (κ3) is 7.41. The molecule has 0 radical (unpaired) electrons. The highest BCUT2D eigenvalue weighted by Gasteiger charge is 2.37. The van der Waals surface area contributed by atoms with Gasteiger partial charge in [-0.15, -0.1) is 0 Å². The molecular weight excluding hydrogens is 564 g/mol. The van der Waals surface area contributed by atoms with Crippen LogP contribution in [-0.4, -0.2) is 78.4 Å². The summed E-state index contributed by atoms with van der Waals surface area (Å²) < 4.78 is 5.26. The summed E-state index contributed by atoms with van der Waals surface area (Å²) in [6.07, 6.45) is 0.425. The van der Waals surface area contributed by atoms with E-state index in [1.165, 1.54) is 14.2 Å². The van der Waals surface area contributed by atoms with Crippen molar-refractivity contribution in [3.8, 4) is 5.75 Å². The molecule has 0 saturated heterocycles. The van der Waals surface area contributed by atoms with Gasteiger partial charge >= 0.3 is 5.97 Å². The number of ether oxygens (including phenoxy) is 1. The average Bonchev–Trinajstić information content (AvgIpc) is 3.24. The van der Waals surface area contributed by atoms with Crippen molar-refractivity contribution in [2.75, 3.05) is 20.7 Å². The Hall–Kier alpha value is -4.77. The fraction of sp³-hybridized carbons (Fsp3) is 0.364. The van der Waals surface area contributed by atoms with E-state index in [9.17, 15) is 29.1 Å². The molecule has 1 aliphatic heterocycles. The SMILES string of the molecule is CNC(=O)[C@H](Cc1ccccc1)NC(=O)[C@H](CC(C)C)N[C@H](CCN1C(=O)c2cc3ccc(OC)cc3cc2C1=O)C(=O)O. The van der Waals surface area contributed by atoms with Crippen molar-refractivity contribution >= 4 is 40.4 Å². The summed E-state index contributed by atoms with van der Waals surface area (Å²) in [5.74, 6) is -2.50. The number of likely N-dealkylation sites (N-methyl/N-ethyl adjacent to an activating group) is 1. The third-order valence-electron chi connectivity index (χ3n) is 7.66. The second-order valence-electron chi connectivity index (χ2n) is 11.3. The van der Waals surface area contributed by atoms with Gasteiger partial charge in [-0.3, -0.25) is 34.2 Å². The fourth-order valence-corrected chi connectivity index (χ4v) is 5.35. The van der Waals surface area contributed by atoms with Gasteiger partial charge in [0, 0.05) is 20.0 Å². The fourth-order valence-electron chi connectivity index (χ4n) is 5.35. The second kappa shape index (κ2) is 14.1. The van der Waals surface area contributed by atoms with Crippen LogP contribution in [0.25, 0.3) is 10.8 Å². The molecule has 0 saturated carbocycles. The summed E-state index contributed by atoms with van der Waals surface area (Å²) in [7, 11) is 3.02. The number of fused-ring (bicyclic) bond motifs is 2. The normalized spacial score (nSPS) is 14.7. The zero-order valence-corrected chi connectivity index (χ0v) is 25.3. The number of rotatable bonds is 14. The van der Waals surface area contributed by atoms with Crippen molar-refractivity contribution in [3.63, 3.8) is 0 Å². The first kappa shape index (κ1) is 32.2. The minimum atomic E-state index is -1.25. The number of imide groups is 1. The Kier molecular flexibility index (Phi) is 10.3. The molecule has 0 spiro atoms. The van der Waals surface area contributed by atoms with Gasteiger partial charge in [0.15, 0.2) is 0 Å². The molecule has 4 N–H and O–H groups in total. The maximum Gasteiger partial charge on any atom is 0.320 e. The van der Waals surface area contributed by atoms with Crippen molar-refractivity contribution in [3.05, 3.63) is 77.4 Å². The highest BCUT2D eigenvalue weighted by atomic mass is 16.5. The van der Waals surface area contributed by atoms with E-state index in [0.29, 0.717) is 12.2 Å². The van der Waals surface area contributed by atoms with E-state index >= 15 is 0 Å². The van der Waals surface area contributed by atoms with Crippen molar-refractivity contribution in [2.45, 2.75) is 51.2 Å². The molecule has 232 valence electrons. The first-order valence-corrected chi connectivity index (χ1v) is 14.5. The number of carboxylic acid groups (broad SMARTS) is 1. The lowest BCUT2D eigenvalue weighted by molar-refractivity contribution is -0.140. The number of benzene rings is 3. The summed E-state index contributed by atoms with van der Waals surface area (Å²) in [6, 6.07) is 14.8. The van der Waals surface area contributed by atoms with Crippen molar-refractivity contribution in [2.24, 2.45) is 5.92 Å². The van der Waals surface area contributed by atoms with E-state index in [-0.39, 0.29) is 42.3 Å². The van der Waals surface area contributed by atoms with Gasteiger partial charge in [-0.2, -0.15) is 0 Å². The number of nitrogens with one attached hydrogen (secondary N) is 3. The quantitative estimate of drug-likeness (QED) is 0.206. The number of carbonyl (C=O) groups excluding carboxylic acids is 4. The van der Waals surface area contributed by atoms with E-state index in [0.717, 1.165) is 21.2 Å². The molecule has 1 heterocycles. The molecule has 3 aromatic carbocycles. The van der Waals surface area contributed by atoms with Crippen LogP contribution < -0.4 is 20.7 Å². The Bertz CT molecular complexity index is 1560. The van der Waals surface area contributed by atoms with Crippen LogP contribution in [-0.2, 0) is 20.8 Å². The first-order chi connectivity index (χ1) is 21.0. The van der Waals surface area contributed by atoms with Crippen molar-refractivity contribution in [1.82, 2.24) is 20.9 Å². The summed E-state index contributed by atoms with van der Waals surface area (Å²) >= 11 is 0. The maximum absolute atomic E-state index is 13.5. The highest BCUT2D eigenvalue weighted by molar-refractivity contribution is 6.23. The largest absolute Gasteiger partial charge is 0.497 e. The topological polar surface area (TPSA) is 154 Å². The van der Waals surface area contributed by atoms with Gasteiger partial charge in [-0.05, 0) is 59.4 Å². The molecule has 0 bridgehead atoms. The summed E-state index contributed by atoms with van der Waals surface area (Å²) in [4.78, 5) is 65.9. The minimum Gasteiger partial charge on any atom is -0.497 e. The van der Waals surface area contributed by atoms with E-state index in [2.05, 4.69) is 16.0 Å². The van der Waals surface area contributed by atoms with Crippen LogP contribution in [0.2, 0.25) is 0 Å². The lowest BCUT2D eigenvalue weighted by Gasteiger charge is -2.27. The molecule has 3 atom stereocenters. The molecular formula is C33H38N4O7. The molecule has 0 fully saturated rings. The van der Waals surface area contributed by atoms with Gasteiger partial charge < -0.3 is 20.5 Å². The Labute approximate surface area is 255 Å². The molecule has 4 rings (SSSR count). The number of carboxylic acids is 1. The smallest absolute Gasteiger partial charge is 0.320 e. The minimum absolute atomic E-state index is 0.0178. The number of aliphatic carboxylic acids is 1. The van der Waals surface area contributed by atoms with Crippen molar-refractivity contribution < 1.29 is 33.8 Å². The lowest BCUT2D eigenvalue weighted by atomic mass is 10.00. The van der Waals surface area contributed by atoms with E-state index in [4.69, 9.17) is 4.74 Å². The summed E-state index contributed by atoms with van der Waals surface area (Å²) in [6.45, 7) is 3.63. The van der Waals surface area contributed by atoms with Crippen LogP contribution in [0, 0.1) is 5.92 Å². The number of hydrogen-bond acceptors (Lipinski definition) is 7. The van der Waals surface area contributed by atoms with Crippen molar-refractivity contribution in [1.29, 1.82) is 0 Å². The van der Waals surface area contributed by atoms with Gasteiger partial charge in [0.05, 0.1) is 24.3 Å². The zero-order valence-electron chi connectivity index (χ0n) is 25.3. The van der Waals surface area contributed by atoms with E-state index in [1.807, 2.05) is 44.2 Å². The molecule has 0 aromatic heterocycles. The monoisotopic (exact) mass is 602 g/mol. The van der Waals surface area contributed by atoms with Crippen LogP contribution in [0.5, 0.6) is 5.75 Å². The van der Waals surface area contributed by atoms with Crippen LogP contribution in [0.1, 0.15) is 53.0 Å². The van der Waals surface area contributed by atoms with Gasteiger partial charge in [-0.1, -0.05) is 50.2 Å². The van der Waals surface area contributed by atoms with Gasteiger partial charge in [0.1, 0.15) is 17.8 Å². The Morgan fingerprint density at radius 3 is 2.11 bits per heavy atom. The lowest BCUT2D eigenvalue weighted by Crippen LogP contribution is -2.56. The molecule has 0 aliphatic carbocycles. The summed E-state index contributed by atoms with van der Waals surface area (Å²) in [5, 5.41) is 19.8. The van der Waals surface area contributed by atoms with Crippen LogP contribution in [0.3, 0.4) is 0 Å². The molecule has 11 nitrogen and oxygen atoms in total. The Morgan fingerprint density at radius 1 is 0.864 bits per heavy atom.